The molecule has 2 unspecified atom stereocenters. The van der Waals surface area contributed by atoms with Crippen molar-refractivity contribution in [3.63, 3.8) is 0 Å². The van der Waals surface area contributed by atoms with Crippen molar-refractivity contribution in [3.8, 4) is 0 Å². The van der Waals surface area contributed by atoms with E-state index in [-0.39, 0.29) is 0 Å². The van der Waals surface area contributed by atoms with E-state index >= 15 is 0 Å². The molecule has 0 aromatic heterocycles. The first-order valence-corrected chi connectivity index (χ1v) is 6.53. The van der Waals surface area contributed by atoms with Crippen LogP contribution in [-0.4, -0.2) is 0 Å². The minimum absolute atomic E-state index is 0.926. The lowest BCUT2D eigenvalue weighted by molar-refractivity contribution is 0.714. The van der Waals surface area contributed by atoms with Gasteiger partial charge in [-0.1, -0.05) is 51.3 Å². The summed E-state index contributed by atoms with van der Waals surface area (Å²) in [5.74, 6) is 1.92. The molecular weight excluding hydrogens is 180 g/mol. The van der Waals surface area contributed by atoms with Gasteiger partial charge in [0.25, 0.3) is 0 Å². The van der Waals surface area contributed by atoms with Crippen molar-refractivity contribution in [1.29, 1.82) is 0 Å². The quantitative estimate of drug-likeness (QED) is 0.533. The maximum Gasteiger partial charge on any atom is -0.0141 e. The summed E-state index contributed by atoms with van der Waals surface area (Å²) in [6, 6.07) is 0. The molecule has 0 bridgehead atoms. The molecule has 2 atom stereocenters. The molecule has 0 spiro atoms. The normalized spacial score (nSPS) is 24.9. The molecule has 0 saturated heterocycles. The third kappa shape index (κ3) is 4.24. The summed E-state index contributed by atoms with van der Waals surface area (Å²) in [6.45, 7) is 14.7. The van der Waals surface area contributed by atoms with Crippen LogP contribution in [0, 0.1) is 11.8 Å². The van der Waals surface area contributed by atoms with Gasteiger partial charge in [-0.15, -0.1) is 6.58 Å². The van der Waals surface area contributed by atoms with Gasteiger partial charge in [0.05, 0.1) is 0 Å². The number of hydrogen-bond acceptors (Lipinski definition) is 0. The van der Waals surface area contributed by atoms with Crippen LogP contribution in [0.1, 0.15) is 60.3 Å². The van der Waals surface area contributed by atoms with Gasteiger partial charge in [0.2, 0.25) is 0 Å². The highest BCUT2D eigenvalue weighted by Gasteiger charge is 2.37. The van der Waals surface area contributed by atoms with Gasteiger partial charge in [-0.2, -0.15) is 0 Å². The second-order valence-corrected chi connectivity index (χ2v) is 4.16. The second kappa shape index (κ2) is 7.73. The van der Waals surface area contributed by atoms with Crippen LogP contribution >= 0.6 is 0 Å². The zero-order chi connectivity index (χ0) is 11.8. The summed E-state index contributed by atoms with van der Waals surface area (Å²) in [5, 5.41) is 0. The summed E-state index contributed by atoms with van der Waals surface area (Å²) in [5.41, 5.74) is 3.28. The van der Waals surface area contributed by atoms with E-state index in [1.165, 1.54) is 19.3 Å². The predicted octanol–water partition coefficient (Wildman–Crippen LogP) is 5.36. The third-order valence-corrected chi connectivity index (χ3v) is 3.27. The van der Waals surface area contributed by atoms with Crippen LogP contribution in [0.5, 0.6) is 0 Å². The Labute approximate surface area is 96.5 Å². The van der Waals surface area contributed by atoms with Gasteiger partial charge in [0.15, 0.2) is 0 Å². The zero-order valence-electron chi connectivity index (χ0n) is 11.3. The van der Waals surface area contributed by atoms with Crippen molar-refractivity contribution in [3.05, 3.63) is 23.8 Å². The fourth-order valence-electron chi connectivity index (χ4n) is 2.35. The number of rotatable bonds is 5. The summed E-state index contributed by atoms with van der Waals surface area (Å²) in [6.07, 6.45) is 7.13. The molecule has 1 saturated carbocycles. The van der Waals surface area contributed by atoms with Crippen molar-refractivity contribution in [2.45, 2.75) is 60.3 Å². The van der Waals surface area contributed by atoms with Crippen molar-refractivity contribution in [1.82, 2.24) is 0 Å². The van der Waals surface area contributed by atoms with Crippen LogP contribution < -0.4 is 0 Å². The molecular formula is C15H28. The van der Waals surface area contributed by atoms with Crippen molar-refractivity contribution >= 4 is 0 Å². The highest BCUT2D eigenvalue weighted by Crippen LogP contribution is 2.48. The van der Waals surface area contributed by atoms with E-state index < -0.39 is 0 Å². The summed E-state index contributed by atoms with van der Waals surface area (Å²) in [4.78, 5) is 0. The van der Waals surface area contributed by atoms with Crippen molar-refractivity contribution in [2.24, 2.45) is 11.8 Å². The average molecular weight is 208 g/mol. The lowest BCUT2D eigenvalue weighted by Gasteiger charge is -2.08. The SMILES string of the molecule is C=CCC(C)=C(CC)C1CC1CC.CC. The topological polar surface area (TPSA) is 0 Å². The van der Waals surface area contributed by atoms with E-state index in [0.29, 0.717) is 0 Å². The Morgan fingerprint density at radius 1 is 1.33 bits per heavy atom. The molecule has 0 aliphatic heterocycles. The van der Waals surface area contributed by atoms with Gasteiger partial charge in [-0.3, -0.25) is 0 Å². The first kappa shape index (κ1) is 14.5. The lowest BCUT2D eigenvalue weighted by atomic mass is 9.98. The van der Waals surface area contributed by atoms with E-state index in [2.05, 4.69) is 27.4 Å². The van der Waals surface area contributed by atoms with Gasteiger partial charge in [-0.05, 0) is 38.0 Å². The van der Waals surface area contributed by atoms with E-state index in [1.807, 2.05) is 19.9 Å². The minimum Gasteiger partial charge on any atom is -0.103 e. The standard InChI is InChI=1S/C13H22.C2H6/c1-5-8-10(4)12(7-3)13-9-11(13)6-2;1-2/h5,11,13H,1,6-9H2,2-4H3;1-2H3. The first-order valence-electron chi connectivity index (χ1n) is 6.53. The highest BCUT2D eigenvalue weighted by atomic mass is 14.4. The minimum atomic E-state index is 0.926. The fourth-order valence-corrected chi connectivity index (χ4v) is 2.35. The molecule has 0 amide bonds. The molecule has 0 aromatic carbocycles. The van der Waals surface area contributed by atoms with E-state index in [0.717, 1.165) is 18.3 Å². The smallest absolute Gasteiger partial charge is 0.0141 e. The Balaban J connectivity index is 0.000000921. The van der Waals surface area contributed by atoms with Crippen molar-refractivity contribution < 1.29 is 0 Å². The Kier molecular flexibility index (Phi) is 7.46. The molecule has 88 valence electrons. The van der Waals surface area contributed by atoms with E-state index in [4.69, 9.17) is 0 Å². The number of allylic oxidation sites excluding steroid dienone is 3. The highest BCUT2D eigenvalue weighted by molar-refractivity contribution is 5.22. The molecule has 0 heteroatoms. The Bertz CT molecular complexity index is 210. The molecule has 1 rings (SSSR count). The molecule has 0 heterocycles. The summed E-state index contributed by atoms with van der Waals surface area (Å²) in [7, 11) is 0. The Hall–Kier alpha value is -0.520. The first-order chi connectivity index (χ1) is 7.24. The Morgan fingerprint density at radius 3 is 2.27 bits per heavy atom. The van der Waals surface area contributed by atoms with Gasteiger partial charge < -0.3 is 0 Å². The molecule has 0 nitrogen and oxygen atoms in total. The average Bonchev–Trinajstić information content (AvgIpc) is 3.02. The summed E-state index contributed by atoms with van der Waals surface area (Å²) < 4.78 is 0. The molecule has 0 N–H and O–H groups in total. The maximum atomic E-state index is 3.80. The maximum absolute atomic E-state index is 3.80. The van der Waals surface area contributed by atoms with Crippen LogP contribution in [0.15, 0.2) is 23.8 Å². The van der Waals surface area contributed by atoms with Crippen molar-refractivity contribution in [2.75, 3.05) is 0 Å². The van der Waals surface area contributed by atoms with Gasteiger partial charge in [0.1, 0.15) is 0 Å². The molecule has 0 radical (unpaired) electrons. The lowest BCUT2D eigenvalue weighted by Crippen LogP contribution is -1.92. The van der Waals surface area contributed by atoms with Crippen LogP contribution in [-0.2, 0) is 0 Å². The monoisotopic (exact) mass is 208 g/mol. The molecule has 0 aromatic rings. The second-order valence-electron chi connectivity index (χ2n) is 4.16. The van der Waals surface area contributed by atoms with Crippen LogP contribution in [0.4, 0.5) is 0 Å². The molecule has 1 fully saturated rings. The molecule has 1 aliphatic carbocycles. The fraction of sp³-hybridized carbons (Fsp3) is 0.733. The van der Waals surface area contributed by atoms with E-state index in [9.17, 15) is 0 Å². The van der Waals surface area contributed by atoms with Gasteiger partial charge in [-0.25, -0.2) is 0 Å². The summed E-state index contributed by atoms with van der Waals surface area (Å²) >= 11 is 0. The predicted molar refractivity (Wildman–Crippen MR) is 71.0 cm³/mol. The van der Waals surface area contributed by atoms with E-state index in [1.54, 1.807) is 11.1 Å². The third-order valence-electron chi connectivity index (χ3n) is 3.27. The molecule has 1 aliphatic rings. The Morgan fingerprint density at radius 2 is 1.93 bits per heavy atom. The van der Waals surface area contributed by atoms with Crippen LogP contribution in [0.3, 0.4) is 0 Å². The molecule has 15 heavy (non-hydrogen) atoms. The van der Waals surface area contributed by atoms with Crippen LogP contribution in [0.25, 0.3) is 0 Å². The zero-order valence-corrected chi connectivity index (χ0v) is 11.3. The van der Waals surface area contributed by atoms with Gasteiger partial charge in [0, 0.05) is 0 Å². The van der Waals surface area contributed by atoms with Gasteiger partial charge >= 0.3 is 0 Å². The van der Waals surface area contributed by atoms with Crippen LogP contribution in [0.2, 0.25) is 0 Å². The largest absolute Gasteiger partial charge is 0.103 e. The number of hydrogen-bond donors (Lipinski definition) is 0.